The van der Waals surface area contributed by atoms with Crippen LogP contribution in [-0.4, -0.2) is 18.9 Å². The largest absolute Gasteiger partial charge is 0.366 e. The van der Waals surface area contributed by atoms with Crippen LogP contribution >= 0.6 is 24.0 Å². The highest BCUT2D eigenvalue weighted by Gasteiger charge is 2.04. The van der Waals surface area contributed by atoms with E-state index >= 15 is 0 Å². The van der Waals surface area contributed by atoms with Gasteiger partial charge in [-0.3, -0.25) is 9.79 Å². The van der Waals surface area contributed by atoms with E-state index in [2.05, 4.69) is 40.7 Å². The van der Waals surface area contributed by atoms with E-state index in [1.165, 1.54) is 11.1 Å². The zero-order chi connectivity index (χ0) is 17.4. The third-order valence-electron chi connectivity index (χ3n) is 3.84. The molecule has 0 aromatic heterocycles. The van der Waals surface area contributed by atoms with Crippen molar-refractivity contribution in [3.8, 4) is 0 Å². The monoisotopic (exact) mass is 452 g/mol. The van der Waals surface area contributed by atoms with Crippen LogP contribution in [0.25, 0.3) is 0 Å². The van der Waals surface area contributed by atoms with Gasteiger partial charge >= 0.3 is 0 Å². The number of aliphatic imine (C=N–C) groups is 1. The maximum absolute atomic E-state index is 11.2. The number of hydrogen-bond acceptors (Lipinski definition) is 2. The van der Waals surface area contributed by atoms with Gasteiger partial charge in [-0.05, 0) is 35.2 Å². The van der Waals surface area contributed by atoms with Gasteiger partial charge in [-0.15, -0.1) is 24.0 Å². The summed E-state index contributed by atoms with van der Waals surface area (Å²) in [6, 6.07) is 15.6. The maximum Gasteiger partial charge on any atom is 0.248 e. The van der Waals surface area contributed by atoms with Crippen LogP contribution in [0.2, 0.25) is 0 Å². The van der Waals surface area contributed by atoms with Crippen molar-refractivity contribution in [3.63, 3.8) is 0 Å². The van der Waals surface area contributed by atoms with Crippen LogP contribution < -0.4 is 16.4 Å². The minimum Gasteiger partial charge on any atom is -0.366 e. The molecule has 0 aliphatic heterocycles. The first-order valence-corrected chi connectivity index (χ1v) is 8.04. The van der Waals surface area contributed by atoms with E-state index < -0.39 is 5.91 Å². The molecule has 0 saturated heterocycles. The first-order valence-electron chi connectivity index (χ1n) is 8.04. The van der Waals surface area contributed by atoms with Crippen LogP contribution in [0, 0.1) is 0 Å². The third-order valence-corrected chi connectivity index (χ3v) is 3.84. The van der Waals surface area contributed by atoms with E-state index in [-0.39, 0.29) is 24.0 Å². The second-order valence-electron chi connectivity index (χ2n) is 5.47. The van der Waals surface area contributed by atoms with Crippen LogP contribution in [0.3, 0.4) is 0 Å². The summed E-state index contributed by atoms with van der Waals surface area (Å²) < 4.78 is 0. The Morgan fingerprint density at radius 3 is 2.36 bits per heavy atom. The van der Waals surface area contributed by atoms with Crippen molar-refractivity contribution >= 4 is 35.8 Å². The summed E-state index contributed by atoms with van der Waals surface area (Å²) >= 11 is 0. The minimum absolute atomic E-state index is 0. The molecule has 0 bridgehead atoms. The van der Waals surface area contributed by atoms with Crippen LogP contribution in [0.15, 0.2) is 53.5 Å². The molecule has 0 unspecified atom stereocenters. The fourth-order valence-corrected chi connectivity index (χ4v) is 2.49. The fourth-order valence-electron chi connectivity index (χ4n) is 2.49. The van der Waals surface area contributed by atoms with Crippen molar-refractivity contribution in [1.82, 2.24) is 10.6 Å². The van der Waals surface area contributed by atoms with E-state index in [1.54, 1.807) is 19.2 Å². The molecule has 2 aromatic carbocycles. The Labute approximate surface area is 166 Å². The predicted molar refractivity (Wildman–Crippen MR) is 113 cm³/mol. The van der Waals surface area contributed by atoms with Crippen LogP contribution in [0.5, 0.6) is 0 Å². The van der Waals surface area contributed by atoms with Crippen LogP contribution in [0.4, 0.5) is 0 Å². The predicted octanol–water partition coefficient (Wildman–Crippen LogP) is 2.83. The molecule has 1 amide bonds. The van der Waals surface area contributed by atoms with Crippen molar-refractivity contribution in [2.24, 2.45) is 10.7 Å². The van der Waals surface area contributed by atoms with E-state index in [0.29, 0.717) is 24.6 Å². The number of benzene rings is 2. The Hall–Kier alpha value is -2.09. The summed E-state index contributed by atoms with van der Waals surface area (Å²) in [6.07, 6.45) is 1.00. The molecule has 0 spiro atoms. The zero-order valence-electron chi connectivity index (χ0n) is 14.6. The average molecular weight is 452 g/mol. The Kier molecular flexibility index (Phi) is 8.98. The molecule has 0 aliphatic carbocycles. The minimum atomic E-state index is -0.421. The van der Waals surface area contributed by atoms with Gasteiger partial charge < -0.3 is 16.4 Å². The van der Waals surface area contributed by atoms with Crippen molar-refractivity contribution < 1.29 is 4.79 Å². The number of guanidine groups is 1. The van der Waals surface area contributed by atoms with Crippen LogP contribution in [0.1, 0.15) is 34.0 Å². The highest BCUT2D eigenvalue weighted by molar-refractivity contribution is 14.0. The number of nitrogens with one attached hydrogen (secondary N) is 2. The Bertz CT molecular complexity index is 731. The molecule has 25 heavy (non-hydrogen) atoms. The smallest absolute Gasteiger partial charge is 0.248 e. The van der Waals surface area contributed by atoms with E-state index in [4.69, 9.17) is 5.73 Å². The summed E-state index contributed by atoms with van der Waals surface area (Å²) in [5.41, 5.74) is 9.38. The van der Waals surface area contributed by atoms with Gasteiger partial charge in [0.2, 0.25) is 5.91 Å². The van der Waals surface area contributed by atoms with Gasteiger partial charge in [0, 0.05) is 25.7 Å². The van der Waals surface area contributed by atoms with Gasteiger partial charge in [0.05, 0.1) is 0 Å². The van der Waals surface area contributed by atoms with E-state index in [1.807, 2.05) is 18.2 Å². The highest BCUT2D eigenvalue weighted by atomic mass is 127. The molecule has 0 aliphatic rings. The Balaban J connectivity index is 0.00000312. The molecule has 0 atom stereocenters. The number of carbonyl (C=O) groups excluding carboxylic acids is 1. The first-order chi connectivity index (χ1) is 11.6. The number of amides is 1. The summed E-state index contributed by atoms with van der Waals surface area (Å²) in [5.74, 6) is 0.293. The number of primary amides is 1. The number of nitrogens with zero attached hydrogens (tertiary/aromatic N) is 1. The molecular formula is C19H25IN4O. The standard InChI is InChI=1S/C19H24N4O.HI/c1-3-15-8-4-5-9-17(15)13-23-19(21-2)22-12-14-7-6-10-16(11-14)18(20)24;/h4-11H,3,12-13H2,1-2H3,(H2,20,24)(H2,21,22,23);1H. The molecular weight excluding hydrogens is 427 g/mol. The normalized spacial score (nSPS) is 10.7. The lowest BCUT2D eigenvalue weighted by atomic mass is 10.1. The van der Waals surface area contributed by atoms with Gasteiger partial charge in [-0.1, -0.05) is 43.3 Å². The second-order valence-corrected chi connectivity index (χ2v) is 5.47. The maximum atomic E-state index is 11.2. The number of hydrogen-bond donors (Lipinski definition) is 3. The lowest BCUT2D eigenvalue weighted by Crippen LogP contribution is -2.36. The van der Waals surface area contributed by atoms with Crippen molar-refractivity contribution in [1.29, 1.82) is 0 Å². The molecule has 4 N–H and O–H groups in total. The molecule has 5 nitrogen and oxygen atoms in total. The topological polar surface area (TPSA) is 79.5 Å². The number of rotatable bonds is 6. The molecule has 0 saturated carbocycles. The fraction of sp³-hybridized carbons (Fsp3) is 0.263. The van der Waals surface area contributed by atoms with Gasteiger partial charge in [-0.25, -0.2) is 0 Å². The van der Waals surface area contributed by atoms with Crippen LogP contribution in [-0.2, 0) is 19.5 Å². The molecule has 2 aromatic rings. The van der Waals surface area contributed by atoms with Crippen molar-refractivity contribution in [3.05, 3.63) is 70.8 Å². The second kappa shape index (κ2) is 10.7. The van der Waals surface area contributed by atoms with Gasteiger partial charge in [0.1, 0.15) is 0 Å². The summed E-state index contributed by atoms with van der Waals surface area (Å²) in [7, 11) is 1.74. The summed E-state index contributed by atoms with van der Waals surface area (Å²) in [4.78, 5) is 15.5. The van der Waals surface area contributed by atoms with Gasteiger partial charge in [-0.2, -0.15) is 0 Å². The van der Waals surface area contributed by atoms with Gasteiger partial charge in [0.15, 0.2) is 5.96 Å². The molecule has 0 heterocycles. The SMILES string of the molecule is CCc1ccccc1CNC(=NC)NCc1cccc(C(N)=O)c1.I. The summed E-state index contributed by atoms with van der Waals surface area (Å²) in [5, 5.41) is 6.56. The Morgan fingerprint density at radius 2 is 1.72 bits per heavy atom. The molecule has 6 heteroatoms. The molecule has 2 rings (SSSR count). The van der Waals surface area contributed by atoms with Crippen molar-refractivity contribution in [2.75, 3.05) is 7.05 Å². The number of aryl methyl sites for hydroxylation is 1. The summed E-state index contributed by atoms with van der Waals surface area (Å²) in [6.45, 7) is 3.43. The highest BCUT2D eigenvalue weighted by Crippen LogP contribution is 2.09. The Morgan fingerprint density at radius 1 is 1.04 bits per heavy atom. The number of nitrogens with two attached hydrogens (primary N) is 1. The molecule has 0 fully saturated rings. The van der Waals surface area contributed by atoms with E-state index in [0.717, 1.165) is 12.0 Å². The lowest BCUT2D eigenvalue weighted by molar-refractivity contribution is 0.1000. The molecule has 134 valence electrons. The molecule has 0 radical (unpaired) electrons. The first kappa shape index (κ1) is 21.0. The van der Waals surface area contributed by atoms with E-state index in [9.17, 15) is 4.79 Å². The quantitative estimate of drug-likeness (QED) is 0.358. The number of carbonyl (C=O) groups is 1. The lowest BCUT2D eigenvalue weighted by Gasteiger charge is -2.14. The van der Waals surface area contributed by atoms with Crippen molar-refractivity contribution in [2.45, 2.75) is 26.4 Å². The zero-order valence-corrected chi connectivity index (χ0v) is 16.9. The average Bonchev–Trinajstić information content (AvgIpc) is 2.62. The number of halogens is 1. The third kappa shape index (κ3) is 6.38. The van der Waals surface area contributed by atoms with Gasteiger partial charge in [0.25, 0.3) is 0 Å².